The Morgan fingerprint density at radius 2 is 1.84 bits per heavy atom. The first-order valence-corrected chi connectivity index (χ1v) is 10.8. The predicted octanol–water partition coefficient (Wildman–Crippen LogP) is 2.24. The minimum absolute atomic E-state index is 0.00391. The molecule has 0 saturated carbocycles. The molecule has 8 heteroatoms. The fourth-order valence-corrected chi connectivity index (χ4v) is 4.28. The molecule has 164 valence electrons. The second-order valence-corrected chi connectivity index (χ2v) is 8.16. The van der Waals surface area contributed by atoms with Gasteiger partial charge < -0.3 is 24.9 Å². The second kappa shape index (κ2) is 8.72. The van der Waals surface area contributed by atoms with E-state index in [2.05, 4.69) is 15.0 Å². The van der Waals surface area contributed by atoms with Gasteiger partial charge >= 0.3 is 0 Å². The van der Waals surface area contributed by atoms with Crippen LogP contribution in [0.1, 0.15) is 12.0 Å². The second-order valence-electron chi connectivity index (χ2n) is 8.16. The maximum Gasteiger partial charge on any atom is 0.161 e. The van der Waals surface area contributed by atoms with Gasteiger partial charge in [0, 0.05) is 51.3 Å². The molecule has 2 N–H and O–H groups in total. The normalized spacial score (nSPS) is 23.4. The molecule has 0 aliphatic carbocycles. The van der Waals surface area contributed by atoms with Gasteiger partial charge in [-0.25, -0.2) is 4.39 Å². The van der Waals surface area contributed by atoms with E-state index in [-0.39, 0.29) is 18.0 Å². The first-order chi connectivity index (χ1) is 15.2. The Labute approximate surface area is 181 Å². The van der Waals surface area contributed by atoms with Gasteiger partial charge in [-0.15, -0.1) is 0 Å². The van der Waals surface area contributed by atoms with Crippen molar-refractivity contribution in [2.24, 2.45) is 10.9 Å². The molecule has 0 amide bonds. The average molecular weight is 426 g/mol. The number of anilines is 1. The molecule has 1 fully saturated rings. The van der Waals surface area contributed by atoms with Crippen molar-refractivity contribution >= 4 is 11.4 Å². The molecule has 31 heavy (non-hydrogen) atoms. The summed E-state index contributed by atoms with van der Waals surface area (Å²) in [6.45, 7) is 4.97. The molecular formula is C23H27FN4O3. The Kier molecular flexibility index (Phi) is 5.65. The van der Waals surface area contributed by atoms with E-state index in [1.54, 1.807) is 6.07 Å². The van der Waals surface area contributed by atoms with E-state index in [0.717, 1.165) is 55.5 Å². The number of fused-ring (bicyclic) bond motifs is 1. The maximum atomic E-state index is 14.9. The summed E-state index contributed by atoms with van der Waals surface area (Å²) in [4.78, 5) is 9.70. The fourth-order valence-electron chi connectivity index (χ4n) is 4.28. The van der Waals surface area contributed by atoms with Crippen LogP contribution in [0.5, 0.6) is 11.5 Å². The van der Waals surface area contributed by atoms with E-state index in [1.807, 2.05) is 36.4 Å². The zero-order valence-electron chi connectivity index (χ0n) is 17.4. The van der Waals surface area contributed by atoms with Crippen LogP contribution in [0.4, 0.5) is 10.1 Å². The number of rotatable bonds is 5. The number of halogens is 1. The largest absolute Gasteiger partial charge is 0.486 e. The highest BCUT2D eigenvalue weighted by atomic mass is 19.1. The summed E-state index contributed by atoms with van der Waals surface area (Å²) in [7, 11) is 0. The van der Waals surface area contributed by atoms with Crippen molar-refractivity contribution in [1.82, 2.24) is 4.90 Å². The average Bonchev–Trinajstić information content (AvgIpc) is 3.29. The van der Waals surface area contributed by atoms with Gasteiger partial charge in [-0.05, 0) is 24.3 Å². The van der Waals surface area contributed by atoms with Gasteiger partial charge in [0.2, 0.25) is 0 Å². The molecule has 2 aromatic carbocycles. The van der Waals surface area contributed by atoms with E-state index in [0.29, 0.717) is 25.3 Å². The lowest BCUT2D eigenvalue weighted by Crippen LogP contribution is -2.50. The van der Waals surface area contributed by atoms with Crippen LogP contribution in [0.15, 0.2) is 47.6 Å². The number of nitrogens with two attached hydrogens (primary N) is 1. The number of nitrogens with zero attached hydrogens (tertiary/aromatic N) is 3. The number of para-hydroxylation sites is 2. The molecule has 3 heterocycles. The van der Waals surface area contributed by atoms with Crippen molar-refractivity contribution < 1.29 is 18.7 Å². The van der Waals surface area contributed by atoms with Crippen molar-refractivity contribution in [1.29, 1.82) is 0 Å². The molecule has 3 aliphatic rings. The number of hydrogen-bond donors (Lipinski definition) is 1. The lowest BCUT2D eigenvalue weighted by molar-refractivity contribution is 0.0571. The summed E-state index contributed by atoms with van der Waals surface area (Å²) in [5.74, 6) is 1.37. The van der Waals surface area contributed by atoms with Gasteiger partial charge in [-0.1, -0.05) is 23.4 Å². The van der Waals surface area contributed by atoms with Crippen molar-refractivity contribution in [3.05, 3.63) is 53.8 Å². The summed E-state index contributed by atoms with van der Waals surface area (Å²) >= 11 is 0. The molecule has 2 aromatic rings. The SMILES string of the molecule is NCC1CC(c2ccc(N3CCN(CC4COc5ccccc5O4)CC3)c(F)c2)=NO1. The molecule has 3 aliphatic heterocycles. The van der Waals surface area contributed by atoms with Crippen LogP contribution in [-0.2, 0) is 4.84 Å². The topological polar surface area (TPSA) is 72.6 Å². The van der Waals surface area contributed by atoms with Crippen LogP contribution >= 0.6 is 0 Å². The summed E-state index contributed by atoms with van der Waals surface area (Å²) in [6.07, 6.45) is 0.507. The highest BCUT2D eigenvalue weighted by molar-refractivity contribution is 6.01. The highest BCUT2D eigenvalue weighted by Gasteiger charge is 2.27. The number of ether oxygens (including phenoxy) is 2. The zero-order valence-corrected chi connectivity index (χ0v) is 17.4. The minimum Gasteiger partial charge on any atom is -0.486 e. The quantitative estimate of drug-likeness (QED) is 0.791. The monoisotopic (exact) mass is 426 g/mol. The minimum atomic E-state index is -0.231. The first-order valence-electron chi connectivity index (χ1n) is 10.8. The smallest absolute Gasteiger partial charge is 0.161 e. The predicted molar refractivity (Wildman–Crippen MR) is 116 cm³/mol. The van der Waals surface area contributed by atoms with Crippen molar-refractivity contribution in [3.8, 4) is 11.5 Å². The highest BCUT2D eigenvalue weighted by Crippen LogP contribution is 2.31. The third-order valence-electron chi connectivity index (χ3n) is 6.02. The first kappa shape index (κ1) is 20.1. The molecule has 2 atom stereocenters. The van der Waals surface area contributed by atoms with Gasteiger partial charge in [0.25, 0.3) is 0 Å². The van der Waals surface area contributed by atoms with E-state index in [4.69, 9.17) is 20.0 Å². The van der Waals surface area contributed by atoms with Gasteiger partial charge in [0.15, 0.2) is 11.5 Å². The molecule has 7 nitrogen and oxygen atoms in total. The molecule has 0 bridgehead atoms. The lowest BCUT2D eigenvalue weighted by Gasteiger charge is -2.38. The van der Waals surface area contributed by atoms with Gasteiger partial charge in [0.1, 0.15) is 24.6 Å². The van der Waals surface area contributed by atoms with Crippen molar-refractivity contribution in [2.45, 2.75) is 18.6 Å². The van der Waals surface area contributed by atoms with Gasteiger partial charge in [0.05, 0.1) is 11.4 Å². The van der Waals surface area contributed by atoms with Crippen LogP contribution < -0.4 is 20.1 Å². The van der Waals surface area contributed by atoms with Gasteiger partial charge in [-0.2, -0.15) is 0 Å². The third kappa shape index (κ3) is 4.31. The Balaban J connectivity index is 1.16. The maximum absolute atomic E-state index is 14.9. The Morgan fingerprint density at radius 1 is 1.03 bits per heavy atom. The molecule has 1 saturated heterocycles. The van der Waals surface area contributed by atoms with E-state index in [1.165, 1.54) is 0 Å². The zero-order chi connectivity index (χ0) is 21.2. The Bertz CT molecular complexity index is 962. The molecule has 2 unspecified atom stereocenters. The van der Waals surface area contributed by atoms with Gasteiger partial charge in [-0.3, -0.25) is 4.90 Å². The van der Waals surface area contributed by atoms with Crippen LogP contribution in [0.25, 0.3) is 0 Å². The summed E-state index contributed by atoms with van der Waals surface area (Å²) in [5, 5.41) is 4.05. The standard InChI is InChI=1S/C23H27FN4O3/c24-19-11-16(20-12-17(13-25)31-26-20)5-6-21(19)28-9-7-27(8-10-28)14-18-15-29-22-3-1-2-4-23(22)30-18/h1-6,11,17-18H,7-10,12-15,25H2. The van der Waals surface area contributed by atoms with Crippen LogP contribution in [0.2, 0.25) is 0 Å². The molecule has 0 radical (unpaired) electrons. The fraction of sp³-hybridized carbons (Fsp3) is 0.435. The third-order valence-corrected chi connectivity index (χ3v) is 6.02. The van der Waals surface area contributed by atoms with E-state index >= 15 is 0 Å². The van der Waals surface area contributed by atoms with E-state index in [9.17, 15) is 4.39 Å². The van der Waals surface area contributed by atoms with Crippen molar-refractivity contribution in [2.75, 3.05) is 50.8 Å². The summed E-state index contributed by atoms with van der Waals surface area (Å²) in [6, 6.07) is 13.1. The van der Waals surface area contributed by atoms with Crippen LogP contribution in [0.3, 0.4) is 0 Å². The van der Waals surface area contributed by atoms with Crippen LogP contribution in [-0.4, -0.2) is 68.7 Å². The Morgan fingerprint density at radius 3 is 2.58 bits per heavy atom. The lowest BCUT2D eigenvalue weighted by atomic mass is 10.0. The molecular weight excluding hydrogens is 399 g/mol. The molecule has 5 rings (SSSR count). The van der Waals surface area contributed by atoms with E-state index < -0.39 is 0 Å². The molecule has 0 aromatic heterocycles. The number of hydrogen-bond acceptors (Lipinski definition) is 7. The summed E-state index contributed by atoms with van der Waals surface area (Å²) in [5.41, 5.74) is 7.76. The number of piperazine rings is 1. The number of oxime groups is 1. The molecule has 0 spiro atoms. The Hall–Kier alpha value is -2.84. The van der Waals surface area contributed by atoms with Crippen LogP contribution in [0, 0.1) is 5.82 Å². The summed E-state index contributed by atoms with van der Waals surface area (Å²) < 4.78 is 26.8. The number of benzene rings is 2. The van der Waals surface area contributed by atoms with Crippen molar-refractivity contribution in [3.63, 3.8) is 0 Å².